The predicted octanol–water partition coefficient (Wildman–Crippen LogP) is 3.91. The van der Waals surface area contributed by atoms with Gasteiger partial charge in [-0.05, 0) is 39.5 Å². The van der Waals surface area contributed by atoms with Gasteiger partial charge in [-0.25, -0.2) is 0 Å². The highest BCUT2D eigenvalue weighted by atomic mass is 16.5. The van der Waals surface area contributed by atoms with Crippen LogP contribution in [0.5, 0.6) is 0 Å². The first-order valence-corrected chi connectivity index (χ1v) is 12.5. The lowest BCUT2D eigenvalue weighted by Gasteiger charge is -2.23. The monoisotopic (exact) mass is 457 g/mol. The maximum atomic E-state index is 13.3. The van der Waals surface area contributed by atoms with Crippen LogP contribution >= 0.6 is 0 Å². The smallest absolute Gasteiger partial charge is 0.259 e. The molecule has 7 nitrogen and oxygen atoms in total. The summed E-state index contributed by atoms with van der Waals surface area (Å²) in [6, 6.07) is 0.0683. The normalized spacial score (nSPS) is 19.5. The van der Waals surface area contributed by atoms with E-state index in [1.807, 2.05) is 13.8 Å². The van der Waals surface area contributed by atoms with E-state index in [0.29, 0.717) is 26.2 Å². The van der Waals surface area contributed by atoms with E-state index in [4.69, 9.17) is 4.74 Å². The number of hydrogen-bond acceptors (Lipinski definition) is 4. The average Bonchev–Trinajstić information content (AvgIpc) is 3.27. The molecule has 1 aliphatic heterocycles. The van der Waals surface area contributed by atoms with Gasteiger partial charge in [-0.1, -0.05) is 44.3 Å². The van der Waals surface area contributed by atoms with Gasteiger partial charge in [-0.3, -0.25) is 14.4 Å². The first kappa shape index (κ1) is 25.2. The zero-order chi connectivity index (χ0) is 23.8. The first-order valence-electron chi connectivity index (χ1n) is 12.5. The molecule has 182 valence electrons. The zero-order valence-electron chi connectivity index (χ0n) is 20.2. The van der Waals surface area contributed by atoms with E-state index in [1.165, 1.54) is 19.3 Å². The highest BCUT2D eigenvalue weighted by molar-refractivity contribution is 5.99. The highest BCUT2D eigenvalue weighted by Gasteiger charge is 2.25. The number of ether oxygens (including phenoxy) is 1. The Morgan fingerprint density at radius 2 is 1.76 bits per heavy atom. The molecule has 33 heavy (non-hydrogen) atoms. The number of nitrogens with one attached hydrogen (secondary N) is 1. The average molecular weight is 458 g/mol. The van der Waals surface area contributed by atoms with Gasteiger partial charge in [0.1, 0.15) is 11.1 Å². The molecule has 0 aromatic carbocycles. The van der Waals surface area contributed by atoms with Crippen molar-refractivity contribution in [3.8, 4) is 0 Å². The number of carbonyl (C=O) groups is 2. The Bertz CT molecular complexity index is 893. The van der Waals surface area contributed by atoms with Crippen LogP contribution in [0, 0.1) is 0 Å². The molecule has 1 saturated carbocycles. The van der Waals surface area contributed by atoms with Crippen molar-refractivity contribution in [2.75, 3.05) is 19.7 Å². The molecule has 1 saturated heterocycles. The van der Waals surface area contributed by atoms with Crippen molar-refractivity contribution in [1.29, 1.82) is 0 Å². The molecule has 0 unspecified atom stereocenters. The summed E-state index contributed by atoms with van der Waals surface area (Å²) < 4.78 is 7.53. The van der Waals surface area contributed by atoms with Crippen molar-refractivity contribution in [3.05, 3.63) is 45.9 Å². The lowest BCUT2D eigenvalue weighted by Crippen LogP contribution is -2.41. The van der Waals surface area contributed by atoms with Crippen LogP contribution in [0.4, 0.5) is 0 Å². The van der Waals surface area contributed by atoms with Gasteiger partial charge in [-0.2, -0.15) is 0 Å². The Balaban J connectivity index is 1.90. The quantitative estimate of drug-likeness (QED) is 0.600. The van der Waals surface area contributed by atoms with E-state index in [-0.39, 0.29) is 35.1 Å². The third-order valence-corrected chi connectivity index (χ3v) is 6.56. The van der Waals surface area contributed by atoms with E-state index in [2.05, 4.69) is 11.9 Å². The molecule has 3 rings (SSSR count). The number of carbonyl (C=O) groups excluding carboxylic acids is 2. The van der Waals surface area contributed by atoms with Crippen LogP contribution in [0.2, 0.25) is 0 Å². The summed E-state index contributed by atoms with van der Waals surface area (Å²) in [5.74, 6) is -0.753. The summed E-state index contributed by atoms with van der Waals surface area (Å²) >= 11 is 0. The van der Waals surface area contributed by atoms with Crippen molar-refractivity contribution >= 4 is 11.8 Å². The van der Waals surface area contributed by atoms with Crippen molar-refractivity contribution < 1.29 is 14.3 Å². The van der Waals surface area contributed by atoms with Crippen LogP contribution in [0.3, 0.4) is 0 Å². The lowest BCUT2D eigenvalue weighted by molar-refractivity contribution is 0.0773. The number of nitrogens with zero attached hydrogens (tertiary/aromatic N) is 2. The van der Waals surface area contributed by atoms with Crippen LogP contribution in [0.1, 0.15) is 92.4 Å². The van der Waals surface area contributed by atoms with Gasteiger partial charge in [0.15, 0.2) is 0 Å². The van der Waals surface area contributed by atoms with Gasteiger partial charge < -0.3 is 19.5 Å². The molecule has 1 aromatic rings. The SMILES string of the molecule is C=C(C)CN(CC)C(=O)c1cn(C[C@@H]2CCCO2)cc(C(=O)NC2CCCCCCC2)c1=O. The zero-order valence-corrected chi connectivity index (χ0v) is 20.2. The molecule has 2 aliphatic rings. The topological polar surface area (TPSA) is 80.6 Å². The fourth-order valence-corrected chi connectivity index (χ4v) is 4.76. The molecule has 7 heteroatoms. The Kier molecular flexibility index (Phi) is 9.30. The van der Waals surface area contributed by atoms with Crippen molar-refractivity contribution in [1.82, 2.24) is 14.8 Å². The Hall–Kier alpha value is -2.41. The molecule has 2 heterocycles. The molecule has 1 aliphatic carbocycles. The van der Waals surface area contributed by atoms with Crippen LogP contribution in [0.15, 0.2) is 29.3 Å². The molecule has 1 aromatic heterocycles. The van der Waals surface area contributed by atoms with E-state index in [0.717, 1.165) is 44.1 Å². The molecule has 1 atom stereocenters. The number of pyridine rings is 1. The second-order valence-corrected chi connectivity index (χ2v) is 9.54. The summed E-state index contributed by atoms with van der Waals surface area (Å²) in [5, 5.41) is 3.08. The number of likely N-dealkylation sites (N-methyl/N-ethyl adjacent to an activating group) is 1. The van der Waals surface area contributed by atoms with Crippen LogP contribution in [0.25, 0.3) is 0 Å². The summed E-state index contributed by atoms with van der Waals surface area (Å²) in [7, 11) is 0. The first-order chi connectivity index (χ1) is 15.9. The number of aromatic nitrogens is 1. The molecule has 0 bridgehead atoms. The van der Waals surface area contributed by atoms with Gasteiger partial charge in [0.2, 0.25) is 5.43 Å². The van der Waals surface area contributed by atoms with Crippen molar-refractivity contribution in [3.63, 3.8) is 0 Å². The maximum absolute atomic E-state index is 13.3. The minimum atomic E-state index is -0.507. The molecule has 2 fully saturated rings. The highest BCUT2D eigenvalue weighted by Crippen LogP contribution is 2.18. The van der Waals surface area contributed by atoms with Gasteiger partial charge in [0.05, 0.1) is 6.10 Å². The summed E-state index contributed by atoms with van der Waals surface area (Å²) in [6.07, 6.45) is 12.7. The fourth-order valence-electron chi connectivity index (χ4n) is 4.76. The van der Waals surface area contributed by atoms with Crippen LogP contribution < -0.4 is 10.7 Å². The van der Waals surface area contributed by atoms with Gasteiger partial charge >= 0.3 is 0 Å². The lowest BCUT2D eigenvalue weighted by atomic mass is 9.96. The molecule has 1 N–H and O–H groups in total. The number of amides is 2. The summed E-state index contributed by atoms with van der Waals surface area (Å²) in [6.45, 7) is 9.67. The van der Waals surface area contributed by atoms with E-state index in [1.54, 1.807) is 21.9 Å². The van der Waals surface area contributed by atoms with Gasteiger partial charge in [0, 0.05) is 44.7 Å². The Morgan fingerprint density at radius 1 is 1.09 bits per heavy atom. The van der Waals surface area contributed by atoms with E-state index >= 15 is 0 Å². The fraction of sp³-hybridized carbons (Fsp3) is 0.654. The minimum absolute atomic E-state index is 0.0228. The van der Waals surface area contributed by atoms with Crippen LogP contribution in [-0.4, -0.2) is 53.1 Å². The van der Waals surface area contributed by atoms with Crippen molar-refractivity contribution in [2.24, 2.45) is 0 Å². The number of rotatable bonds is 8. The minimum Gasteiger partial charge on any atom is -0.376 e. The van der Waals surface area contributed by atoms with Gasteiger partial charge in [0.25, 0.3) is 11.8 Å². The molecule has 0 radical (unpaired) electrons. The third-order valence-electron chi connectivity index (χ3n) is 6.56. The summed E-state index contributed by atoms with van der Waals surface area (Å²) in [5.41, 5.74) is 0.392. The Morgan fingerprint density at radius 3 is 2.36 bits per heavy atom. The number of hydrogen-bond donors (Lipinski definition) is 1. The molecule has 2 amide bonds. The maximum Gasteiger partial charge on any atom is 0.259 e. The van der Waals surface area contributed by atoms with Gasteiger partial charge in [-0.15, -0.1) is 0 Å². The van der Waals surface area contributed by atoms with Crippen molar-refractivity contribution in [2.45, 2.75) is 90.3 Å². The standard InChI is InChI=1S/C26H39N3O4/c1-4-29(15-19(2)3)26(32)23-18-28(16-21-13-10-14-33-21)17-22(24(23)30)25(31)27-20-11-8-6-5-7-9-12-20/h17-18,20-21H,2,4-16H2,1,3H3,(H,27,31)/t21-/m0/s1. The molecule has 0 spiro atoms. The second-order valence-electron chi connectivity index (χ2n) is 9.54. The molecular formula is C26H39N3O4. The van der Waals surface area contributed by atoms with E-state index in [9.17, 15) is 14.4 Å². The molecular weight excluding hydrogens is 418 g/mol. The second kappa shape index (κ2) is 12.2. The third kappa shape index (κ3) is 7.03. The summed E-state index contributed by atoms with van der Waals surface area (Å²) in [4.78, 5) is 41.4. The van der Waals surface area contributed by atoms with E-state index < -0.39 is 5.43 Å². The largest absolute Gasteiger partial charge is 0.376 e. The van der Waals surface area contributed by atoms with Crippen LogP contribution in [-0.2, 0) is 11.3 Å². The Labute approximate surface area is 197 Å². The predicted molar refractivity (Wildman–Crippen MR) is 130 cm³/mol.